The summed E-state index contributed by atoms with van der Waals surface area (Å²) in [5.74, 6) is 2.78. The Hall–Kier alpha value is -2.07. The number of aromatic nitrogens is 2. The number of rotatable bonds is 3. The molecule has 2 aromatic heterocycles. The molecular formula is C17H21N3O. The average Bonchev–Trinajstić information content (AvgIpc) is 2.97. The Morgan fingerprint density at radius 3 is 2.57 bits per heavy atom. The minimum absolute atomic E-state index is 0.323. The summed E-state index contributed by atoms with van der Waals surface area (Å²) in [7, 11) is 0. The number of nitrogens with zero attached hydrogens (tertiary/aromatic N) is 2. The lowest BCUT2D eigenvalue weighted by Crippen LogP contribution is -2.03. The van der Waals surface area contributed by atoms with Gasteiger partial charge in [-0.05, 0) is 51.5 Å². The maximum atomic E-state index is 5.73. The van der Waals surface area contributed by atoms with Crippen LogP contribution in [0.15, 0.2) is 28.7 Å². The van der Waals surface area contributed by atoms with Crippen LogP contribution in [-0.2, 0) is 6.54 Å². The molecule has 1 aromatic carbocycles. The third kappa shape index (κ3) is 2.25. The van der Waals surface area contributed by atoms with Gasteiger partial charge in [0, 0.05) is 12.6 Å². The van der Waals surface area contributed by atoms with Gasteiger partial charge in [0.2, 0.25) is 0 Å². The Bertz CT molecular complexity index is 796. The van der Waals surface area contributed by atoms with Gasteiger partial charge in [-0.25, -0.2) is 4.98 Å². The van der Waals surface area contributed by atoms with Crippen molar-refractivity contribution in [3.63, 3.8) is 0 Å². The lowest BCUT2D eigenvalue weighted by Gasteiger charge is -2.12. The van der Waals surface area contributed by atoms with E-state index in [4.69, 9.17) is 15.1 Å². The standard InChI is InChI=1S/C17H21N3O/c1-10(2)20-16-6-5-13(9-18)8-15(16)19-17(20)14-7-11(3)21-12(14)4/h5-8,10H,9,18H2,1-4H3. The molecule has 3 aromatic rings. The van der Waals surface area contributed by atoms with Gasteiger partial charge in [-0.1, -0.05) is 6.07 Å². The number of hydrogen-bond donors (Lipinski definition) is 1. The zero-order valence-electron chi connectivity index (χ0n) is 13.0. The molecule has 0 radical (unpaired) electrons. The lowest BCUT2D eigenvalue weighted by molar-refractivity contribution is 0.505. The molecule has 0 fully saturated rings. The first-order chi connectivity index (χ1) is 10.0. The predicted octanol–water partition coefficient (Wildman–Crippen LogP) is 3.95. The molecular weight excluding hydrogens is 262 g/mol. The van der Waals surface area contributed by atoms with Crippen molar-refractivity contribution in [3.05, 3.63) is 41.3 Å². The van der Waals surface area contributed by atoms with E-state index in [9.17, 15) is 0 Å². The smallest absolute Gasteiger partial charge is 0.144 e. The van der Waals surface area contributed by atoms with E-state index in [1.54, 1.807) is 0 Å². The van der Waals surface area contributed by atoms with Gasteiger partial charge in [-0.15, -0.1) is 0 Å². The predicted molar refractivity (Wildman–Crippen MR) is 85.2 cm³/mol. The van der Waals surface area contributed by atoms with E-state index in [2.05, 4.69) is 42.7 Å². The molecule has 0 aliphatic rings. The van der Waals surface area contributed by atoms with Crippen LogP contribution < -0.4 is 5.73 Å². The summed E-state index contributed by atoms with van der Waals surface area (Å²) < 4.78 is 7.93. The Morgan fingerprint density at radius 1 is 1.24 bits per heavy atom. The Balaban J connectivity index is 2.31. The van der Waals surface area contributed by atoms with Gasteiger partial charge < -0.3 is 14.7 Å². The van der Waals surface area contributed by atoms with E-state index >= 15 is 0 Å². The first-order valence-corrected chi connectivity index (χ1v) is 7.29. The largest absolute Gasteiger partial charge is 0.466 e. The van der Waals surface area contributed by atoms with E-state index in [0.29, 0.717) is 12.6 Å². The van der Waals surface area contributed by atoms with Crippen molar-refractivity contribution in [1.29, 1.82) is 0 Å². The summed E-state index contributed by atoms with van der Waals surface area (Å²) in [6.45, 7) is 8.82. The molecule has 0 aliphatic heterocycles. The van der Waals surface area contributed by atoms with Crippen molar-refractivity contribution in [2.75, 3.05) is 0 Å². The highest BCUT2D eigenvalue weighted by Crippen LogP contribution is 2.32. The van der Waals surface area contributed by atoms with Gasteiger partial charge in [0.05, 0.1) is 16.6 Å². The quantitative estimate of drug-likeness (QED) is 0.791. The molecule has 2 heterocycles. The fraction of sp³-hybridized carbons (Fsp3) is 0.353. The topological polar surface area (TPSA) is 57.0 Å². The van der Waals surface area contributed by atoms with Crippen LogP contribution in [0.1, 0.15) is 37.0 Å². The van der Waals surface area contributed by atoms with Crippen molar-refractivity contribution in [2.24, 2.45) is 5.73 Å². The van der Waals surface area contributed by atoms with Crippen LogP contribution in [0.3, 0.4) is 0 Å². The highest BCUT2D eigenvalue weighted by molar-refractivity contribution is 5.82. The summed E-state index contributed by atoms with van der Waals surface area (Å²) in [5.41, 5.74) is 10.0. The third-order valence-corrected chi connectivity index (χ3v) is 3.79. The van der Waals surface area contributed by atoms with Crippen LogP contribution in [-0.4, -0.2) is 9.55 Å². The maximum Gasteiger partial charge on any atom is 0.144 e. The minimum atomic E-state index is 0.323. The van der Waals surface area contributed by atoms with Crippen molar-refractivity contribution in [1.82, 2.24) is 9.55 Å². The SMILES string of the molecule is Cc1cc(-c2nc3cc(CN)ccc3n2C(C)C)c(C)o1. The molecule has 0 aliphatic carbocycles. The first kappa shape index (κ1) is 13.9. The molecule has 0 bridgehead atoms. The molecule has 0 saturated carbocycles. The van der Waals surface area contributed by atoms with Crippen LogP contribution in [0.5, 0.6) is 0 Å². The minimum Gasteiger partial charge on any atom is -0.466 e. The monoisotopic (exact) mass is 283 g/mol. The molecule has 0 spiro atoms. The van der Waals surface area contributed by atoms with Crippen molar-refractivity contribution < 1.29 is 4.42 Å². The molecule has 4 nitrogen and oxygen atoms in total. The number of benzene rings is 1. The van der Waals surface area contributed by atoms with E-state index in [0.717, 1.165) is 39.5 Å². The normalized spacial score (nSPS) is 11.7. The molecule has 110 valence electrons. The average molecular weight is 283 g/mol. The zero-order chi connectivity index (χ0) is 15.1. The third-order valence-electron chi connectivity index (χ3n) is 3.79. The molecule has 0 saturated heterocycles. The van der Waals surface area contributed by atoms with Crippen molar-refractivity contribution in [2.45, 2.75) is 40.3 Å². The van der Waals surface area contributed by atoms with Crippen LogP contribution in [0.4, 0.5) is 0 Å². The van der Waals surface area contributed by atoms with E-state index in [-0.39, 0.29) is 0 Å². The fourth-order valence-electron chi connectivity index (χ4n) is 2.84. The molecule has 2 N–H and O–H groups in total. The number of imidazole rings is 1. The number of fused-ring (bicyclic) bond motifs is 1. The summed E-state index contributed by atoms with van der Waals surface area (Å²) in [4.78, 5) is 4.83. The van der Waals surface area contributed by atoms with E-state index in [1.165, 1.54) is 0 Å². The summed E-state index contributed by atoms with van der Waals surface area (Å²) in [5, 5.41) is 0. The molecule has 0 unspecified atom stereocenters. The second-order valence-electron chi connectivity index (χ2n) is 5.75. The Labute approximate surface area is 124 Å². The summed E-state index contributed by atoms with van der Waals surface area (Å²) >= 11 is 0. The summed E-state index contributed by atoms with van der Waals surface area (Å²) in [6.07, 6.45) is 0. The Morgan fingerprint density at radius 2 is 2.00 bits per heavy atom. The van der Waals surface area contributed by atoms with Gasteiger partial charge >= 0.3 is 0 Å². The number of nitrogens with two attached hydrogens (primary N) is 1. The molecule has 3 rings (SSSR count). The van der Waals surface area contributed by atoms with Gasteiger partial charge in [-0.2, -0.15) is 0 Å². The second kappa shape index (κ2) is 5.04. The summed E-state index contributed by atoms with van der Waals surface area (Å²) in [6, 6.07) is 8.62. The van der Waals surface area contributed by atoms with E-state index in [1.807, 2.05) is 13.8 Å². The highest BCUT2D eigenvalue weighted by atomic mass is 16.3. The fourth-order valence-corrected chi connectivity index (χ4v) is 2.84. The van der Waals surface area contributed by atoms with Gasteiger partial charge in [-0.3, -0.25) is 0 Å². The van der Waals surface area contributed by atoms with Crippen LogP contribution >= 0.6 is 0 Å². The van der Waals surface area contributed by atoms with Gasteiger partial charge in [0.1, 0.15) is 17.3 Å². The first-order valence-electron chi connectivity index (χ1n) is 7.29. The van der Waals surface area contributed by atoms with Crippen LogP contribution in [0, 0.1) is 13.8 Å². The number of hydrogen-bond acceptors (Lipinski definition) is 3. The van der Waals surface area contributed by atoms with Crippen molar-refractivity contribution in [3.8, 4) is 11.4 Å². The molecule has 4 heteroatoms. The molecule has 21 heavy (non-hydrogen) atoms. The lowest BCUT2D eigenvalue weighted by atomic mass is 10.2. The molecule has 0 amide bonds. The van der Waals surface area contributed by atoms with Gasteiger partial charge in [0.15, 0.2) is 0 Å². The van der Waals surface area contributed by atoms with E-state index < -0.39 is 0 Å². The van der Waals surface area contributed by atoms with Crippen molar-refractivity contribution >= 4 is 11.0 Å². The Kier molecular flexibility index (Phi) is 3.33. The highest BCUT2D eigenvalue weighted by Gasteiger charge is 2.18. The van der Waals surface area contributed by atoms with Crippen LogP contribution in [0.2, 0.25) is 0 Å². The maximum absolute atomic E-state index is 5.73. The number of aryl methyl sites for hydroxylation is 2. The van der Waals surface area contributed by atoms with Gasteiger partial charge in [0.25, 0.3) is 0 Å². The second-order valence-corrected chi connectivity index (χ2v) is 5.75. The number of furan rings is 1. The van der Waals surface area contributed by atoms with Crippen LogP contribution in [0.25, 0.3) is 22.4 Å². The molecule has 0 atom stereocenters. The zero-order valence-corrected chi connectivity index (χ0v) is 13.0.